The van der Waals surface area contributed by atoms with Crippen molar-refractivity contribution in [2.75, 3.05) is 0 Å². The van der Waals surface area contributed by atoms with Crippen molar-refractivity contribution in [2.45, 2.75) is 38.3 Å². The van der Waals surface area contributed by atoms with Gasteiger partial charge in [0.15, 0.2) is 0 Å². The van der Waals surface area contributed by atoms with Crippen LogP contribution in [0.15, 0.2) is 18.6 Å². The Labute approximate surface area is 94.7 Å². The smallest absolute Gasteiger partial charge is 0.315 e. The Morgan fingerprint density at radius 2 is 2.25 bits per heavy atom. The molecule has 5 nitrogen and oxygen atoms in total. The Kier molecular flexibility index (Phi) is 3.69. The molecule has 0 aromatic carbocycles. The number of urea groups is 1. The molecule has 1 aliphatic rings. The number of hydrogen-bond donors (Lipinski definition) is 2. The Balaban J connectivity index is 1.71. The summed E-state index contributed by atoms with van der Waals surface area (Å²) in [6, 6.07) is 2.03. The second-order valence-electron chi connectivity index (χ2n) is 4.01. The van der Waals surface area contributed by atoms with Crippen LogP contribution >= 0.6 is 0 Å². The van der Waals surface area contributed by atoms with E-state index in [1.807, 2.05) is 0 Å². The summed E-state index contributed by atoms with van der Waals surface area (Å²) in [5, 5.41) is 5.74. The van der Waals surface area contributed by atoms with Crippen LogP contribution in [-0.2, 0) is 6.54 Å². The molecule has 5 heteroatoms. The largest absolute Gasteiger partial charge is 0.335 e. The second-order valence-corrected chi connectivity index (χ2v) is 4.01. The monoisotopic (exact) mass is 220 g/mol. The molecule has 1 aliphatic carbocycles. The zero-order valence-electron chi connectivity index (χ0n) is 9.15. The molecule has 0 atom stereocenters. The van der Waals surface area contributed by atoms with Crippen LogP contribution < -0.4 is 10.6 Å². The Morgan fingerprint density at radius 3 is 2.94 bits per heavy atom. The van der Waals surface area contributed by atoms with Crippen molar-refractivity contribution < 1.29 is 4.79 Å². The summed E-state index contributed by atoms with van der Waals surface area (Å²) in [5.41, 5.74) is 0.816. The van der Waals surface area contributed by atoms with E-state index in [0.717, 1.165) is 18.5 Å². The van der Waals surface area contributed by atoms with Crippen molar-refractivity contribution in [2.24, 2.45) is 0 Å². The first-order valence-electron chi connectivity index (χ1n) is 5.64. The van der Waals surface area contributed by atoms with Crippen LogP contribution in [0.4, 0.5) is 4.79 Å². The van der Waals surface area contributed by atoms with Gasteiger partial charge in [0.1, 0.15) is 6.33 Å². The minimum absolute atomic E-state index is 0.106. The van der Waals surface area contributed by atoms with E-state index in [1.165, 1.54) is 19.2 Å². The number of aromatic nitrogens is 2. The van der Waals surface area contributed by atoms with E-state index in [1.54, 1.807) is 12.3 Å². The highest BCUT2D eigenvalue weighted by atomic mass is 16.2. The van der Waals surface area contributed by atoms with Gasteiger partial charge >= 0.3 is 6.03 Å². The summed E-state index contributed by atoms with van der Waals surface area (Å²) < 4.78 is 0. The Morgan fingerprint density at radius 1 is 1.44 bits per heavy atom. The van der Waals surface area contributed by atoms with Crippen molar-refractivity contribution in [1.82, 2.24) is 20.6 Å². The van der Waals surface area contributed by atoms with Crippen LogP contribution in [0.5, 0.6) is 0 Å². The third kappa shape index (κ3) is 3.18. The number of amides is 2. The summed E-state index contributed by atoms with van der Waals surface area (Å²) in [4.78, 5) is 19.4. The molecule has 0 saturated heterocycles. The van der Waals surface area contributed by atoms with Gasteiger partial charge in [-0.15, -0.1) is 0 Å². The summed E-state index contributed by atoms with van der Waals surface area (Å²) in [7, 11) is 0. The maximum atomic E-state index is 11.5. The number of hydrogen-bond acceptors (Lipinski definition) is 3. The van der Waals surface area contributed by atoms with Gasteiger partial charge in [-0.3, -0.25) is 0 Å². The van der Waals surface area contributed by atoms with E-state index in [0.29, 0.717) is 12.6 Å². The van der Waals surface area contributed by atoms with E-state index in [4.69, 9.17) is 0 Å². The zero-order valence-corrected chi connectivity index (χ0v) is 9.15. The molecule has 0 unspecified atom stereocenters. The minimum atomic E-state index is -0.106. The standard InChI is InChI=1S/C11H16N4O/c16-11(15-9-3-1-2-4-9)13-7-10-5-6-12-8-14-10/h5-6,8-9H,1-4,7H2,(H2,13,15,16). The van der Waals surface area contributed by atoms with Gasteiger partial charge in [0.2, 0.25) is 0 Å². The van der Waals surface area contributed by atoms with Gasteiger partial charge in [0.25, 0.3) is 0 Å². The lowest BCUT2D eigenvalue weighted by Crippen LogP contribution is -2.40. The van der Waals surface area contributed by atoms with Crippen molar-refractivity contribution >= 4 is 6.03 Å². The number of nitrogens with zero attached hydrogens (tertiary/aromatic N) is 2. The molecule has 1 heterocycles. The fourth-order valence-corrected chi connectivity index (χ4v) is 1.90. The van der Waals surface area contributed by atoms with Crippen LogP contribution in [0.2, 0.25) is 0 Å². The first kappa shape index (κ1) is 10.9. The fraction of sp³-hybridized carbons (Fsp3) is 0.545. The van der Waals surface area contributed by atoms with Crippen LogP contribution in [0, 0.1) is 0 Å². The van der Waals surface area contributed by atoms with Gasteiger partial charge in [0.05, 0.1) is 12.2 Å². The lowest BCUT2D eigenvalue weighted by atomic mass is 10.2. The number of carbonyl (C=O) groups is 1. The molecule has 0 radical (unpaired) electrons. The molecule has 2 N–H and O–H groups in total. The van der Waals surface area contributed by atoms with Gasteiger partial charge in [-0.25, -0.2) is 14.8 Å². The third-order valence-corrected chi connectivity index (χ3v) is 2.76. The minimum Gasteiger partial charge on any atom is -0.335 e. The van der Waals surface area contributed by atoms with E-state index in [-0.39, 0.29) is 6.03 Å². The van der Waals surface area contributed by atoms with Gasteiger partial charge in [-0.2, -0.15) is 0 Å². The van der Waals surface area contributed by atoms with Gasteiger partial charge in [-0.05, 0) is 18.9 Å². The summed E-state index contributed by atoms with van der Waals surface area (Å²) in [5.74, 6) is 0. The number of rotatable bonds is 3. The van der Waals surface area contributed by atoms with Crippen molar-refractivity contribution in [3.8, 4) is 0 Å². The Bertz CT molecular complexity index is 335. The first-order valence-corrected chi connectivity index (χ1v) is 5.64. The average Bonchev–Trinajstić information content (AvgIpc) is 2.81. The maximum absolute atomic E-state index is 11.5. The molecule has 1 aromatic rings. The molecule has 0 bridgehead atoms. The quantitative estimate of drug-likeness (QED) is 0.804. The lowest BCUT2D eigenvalue weighted by Gasteiger charge is -2.12. The SMILES string of the molecule is O=C(NCc1ccncn1)NC1CCCC1. The van der Waals surface area contributed by atoms with Gasteiger partial charge in [0, 0.05) is 12.2 Å². The predicted octanol–water partition coefficient (Wildman–Crippen LogP) is 1.22. The summed E-state index contributed by atoms with van der Waals surface area (Å²) in [6.45, 7) is 0.446. The van der Waals surface area contributed by atoms with Gasteiger partial charge < -0.3 is 10.6 Å². The molecule has 2 amide bonds. The van der Waals surface area contributed by atoms with Crippen LogP contribution in [0.3, 0.4) is 0 Å². The molecular formula is C11H16N4O. The lowest BCUT2D eigenvalue weighted by molar-refractivity contribution is 0.236. The summed E-state index contributed by atoms with van der Waals surface area (Å²) in [6.07, 6.45) is 7.78. The topological polar surface area (TPSA) is 66.9 Å². The van der Waals surface area contributed by atoms with Gasteiger partial charge in [-0.1, -0.05) is 12.8 Å². The number of nitrogens with one attached hydrogen (secondary N) is 2. The molecule has 1 fully saturated rings. The molecule has 86 valence electrons. The first-order chi connectivity index (χ1) is 7.84. The van der Waals surface area contributed by atoms with E-state index in [2.05, 4.69) is 20.6 Å². The number of carbonyl (C=O) groups excluding carboxylic acids is 1. The molecular weight excluding hydrogens is 204 g/mol. The highest BCUT2D eigenvalue weighted by Gasteiger charge is 2.16. The van der Waals surface area contributed by atoms with Crippen molar-refractivity contribution in [3.63, 3.8) is 0 Å². The van der Waals surface area contributed by atoms with E-state index in [9.17, 15) is 4.79 Å². The maximum Gasteiger partial charge on any atom is 0.315 e. The average molecular weight is 220 g/mol. The van der Waals surface area contributed by atoms with Crippen molar-refractivity contribution in [3.05, 3.63) is 24.3 Å². The second kappa shape index (κ2) is 5.44. The fourth-order valence-electron chi connectivity index (χ4n) is 1.90. The normalized spacial score (nSPS) is 16.0. The van der Waals surface area contributed by atoms with Crippen LogP contribution in [0.25, 0.3) is 0 Å². The molecule has 0 spiro atoms. The molecule has 1 aromatic heterocycles. The third-order valence-electron chi connectivity index (χ3n) is 2.76. The van der Waals surface area contributed by atoms with E-state index < -0.39 is 0 Å². The van der Waals surface area contributed by atoms with Crippen LogP contribution in [-0.4, -0.2) is 22.0 Å². The highest BCUT2D eigenvalue weighted by Crippen LogP contribution is 2.17. The molecule has 1 saturated carbocycles. The van der Waals surface area contributed by atoms with Crippen LogP contribution in [0.1, 0.15) is 31.4 Å². The zero-order chi connectivity index (χ0) is 11.2. The van der Waals surface area contributed by atoms with Crippen molar-refractivity contribution in [1.29, 1.82) is 0 Å². The van der Waals surface area contributed by atoms with E-state index >= 15 is 0 Å². The highest BCUT2D eigenvalue weighted by molar-refractivity contribution is 5.74. The molecule has 2 rings (SSSR count). The predicted molar refractivity (Wildman–Crippen MR) is 59.7 cm³/mol. The summed E-state index contributed by atoms with van der Waals surface area (Å²) >= 11 is 0. The molecule has 0 aliphatic heterocycles. The Hall–Kier alpha value is -1.65. The molecule has 16 heavy (non-hydrogen) atoms.